The third kappa shape index (κ3) is 2.97. The van der Waals surface area contributed by atoms with Crippen LogP contribution < -0.4 is 15.8 Å². The maximum atomic E-state index is 13.2. The Balaban J connectivity index is 2.21. The highest BCUT2D eigenvalue weighted by molar-refractivity contribution is 6.33. The lowest BCUT2D eigenvalue weighted by Gasteiger charge is -2.08. The fourth-order valence-electron chi connectivity index (χ4n) is 1.51. The van der Waals surface area contributed by atoms with Gasteiger partial charge in [0.05, 0.1) is 17.7 Å². The first-order valence-electron chi connectivity index (χ1n) is 5.57. The molecule has 7 heteroatoms. The summed E-state index contributed by atoms with van der Waals surface area (Å²) in [7, 11) is 1.34. The van der Waals surface area contributed by atoms with Gasteiger partial charge in [-0.05, 0) is 18.2 Å². The number of anilines is 2. The Labute approximate surface area is 119 Å². The van der Waals surface area contributed by atoms with Gasteiger partial charge in [-0.25, -0.2) is 9.37 Å². The summed E-state index contributed by atoms with van der Waals surface area (Å²) < 4.78 is 18.1. The Hall–Kier alpha value is -2.34. The monoisotopic (exact) mass is 295 g/mol. The standard InChI is InChI=1S/C13H11ClFN3O2/c1-20-11-5-8(2-3-10(11)15)18-13(19)7-4-9(14)12(16)17-6-7/h2-6H,1H3,(H2,16,17)(H,18,19). The van der Waals surface area contributed by atoms with Gasteiger partial charge in [-0.15, -0.1) is 0 Å². The zero-order chi connectivity index (χ0) is 14.7. The topological polar surface area (TPSA) is 77.2 Å². The van der Waals surface area contributed by atoms with Crippen molar-refractivity contribution in [1.29, 1.82) is 0 Å². The summed E-state index contributed by atoms with van der Waals surface area (Å²) in [6.45, 7) is 0. The van der Waals surface area contributed by atoms with Gasteiger partial charge in [0, 0.05) is 18.0 Å². The summed E-state index contributed by atoms with van der Waals surface area (Å²) in [6.07, 6.45) is 1.30. The average Bonchev–Trinajstić information content (AvgIpc) is 2.43. The van der Waals surface area contributed by atoms with E-state index >= 15 is 0 Å². The highest BCUT2D eigenvalue weighted by Crippen LogP contribution is 2.22. The molecule has 5 nitrogen and oxygen atoms in total. The summed E-state index contributed by atoms with van der Waals surface area (Å²) in [4.78, 5) is 15.8. The Morgan fingerprint density at radius 1 is 1.45 bits per heavy atom. The van der Waals surface area contributed by atoms with Crippen LogP contribution in [-0.2, 0) is 0 Å². The van der Waals surface area contributed by atoms with E-state index in [2.05, 4.69) is 10.3 Å². The van der Waals surface area contributed by atoms with Gasteiger partial charge in [-0.3, -0.25) is 4.79 Å². The molecular weight excluding hydrogens is 285 g/mol. The summed E-state index contributed by atoms with van der Waals surface area (Å²) in [6, 6.07) is 5.39. The van der Waals surface area contributed by atoms with Crippen molar-refractivity contribution >= 4 is 29.0 Å². The highest BCUT2D eigenvalue weighted by Gasteiger charge is 2.10. The number of carbonyl (C=O) groups excluding carboxylic acids is 1. The normalized spacial score (nSPS) is 10.2. The number of nitrogens with one attached hydrogen (secondary N) is 1. The number of benzene rings is 1. The molecule has 0 radical (unpaired) electrons. The molecule has 0 atom stereocenters. The van der Waals surface area contributed by atoms with Crippen LogP contribution in [0.2, 0.25) is 5.02 Å². The van der Waals surface area contributed by atoms with Crippen molar-refractivity contribution in [1.82, 2.24) is 4.98 Å². The summed E-state index contributed by atoms with van der Waals surface area (Å²) in [5.74, 6) is -0.765. The van der Waals surface area contributed by atoms with Gasteiger partial charge >= 0.3 is 0 Å². The third-order valence-electron chi connectivity index (χ3n) is 2.54. The maximum Gasteiger partial charge on any atom is 0.257 e. The van der Waals surface area contributed by atoms with E-state index in [1.807, 2.05) is 0 Å². The first-order valence-corrected chi connectivity index (χ1v) is 5.95. The lowest BCUT2D eigenvalue weighted by Crippen LogP contribution is -2.12. The van der Waals surface area contributed by atoms with Crippen LogP contribution in [0, 0.1) is 5.82 Å². The molecule has 0 spiro atoms. The van der Waals surface area contributed by atoms with E-state index < -0.39 is 11.7 Å². The molecule has 0 bridgehead atoms. The first kappa shape index (κ1) is 14.1. The van der Waals surface area contributed by atoms with Crippen molar-refractivity contribution in [2.24, 2.45) is 0 Å². The second-order valence-electron chi connectivity index (χ2n) is 3.89. The summed E-state index contributed by atoms with van der Waals surface area (Å²) in [5, 5.41) is 2.77. The molecule has 104 valence electrons. The van der Waals surface area contributed by atoms with Crippen molar-refractivity contribution < 1.29 is 13.9 Å². The number of hydrogen-bond donors (Lipinski definition) is 2. The molecule has 0 saturated carbocycles. The van der Waals surface area contributed by atoms with Crippen LogP contribution in [0.5, 0.6) is 5.75 Å². The Bertz CT molecular complexity index is 664. The third-order valence-corrected chi connectivity index (χ3v) is 2.84. The van der Waals surface area contributed by atoms with Gasteiger partial charge < -0.3 is 15.8 Å². The lowest BCUT2D eigenvalue weighted by molar-refractivity contribution is 0.102. The number of aromatic nitrogens is 1. The fraction of sp³-hybridized carbons (Fsp3) is 0.0769. The van der Waals surface area contributed by atoms with Crippen molar-refractivity contribution in [3.63, 3.8) is 0 Å². The van der Waals surface area contributed by atoms with Crippen LogP contribution in [0.15, 0.2) is 30.5 Å². The van der Waals surface area contributed by atoms with E-state index in [-0.39, 0.29) is 22.2 Å². The predicted octanol–water partition coefficient (Wildman–Crippen LogP) is 2.72. The number of nitrogens with zero attached hydrogens (tertiary/aromatic N) is 1. The van der Waals surface area contributed by atoms with Gasteiger partial charge in [0.15, 0.2) is 11.6 Å². The molecule has 1 aromatic carbocycles. The zero-order valence-corrected chi connectivity index (χ0v) is 11.2. The maximum absolute atomic E-state index is 13.2. The number of pyridine rings is 1. The van der Waals surface area contributed by atoms with Crippen molar-refractivity contribution in [3.05, 3.63) is 46.9 Å². The van der Waals surface area contributed by atoms with Crippen LogP contribution in [0.25, 0.3) is 0 Å². The van der Waals surface area contributed by atoms with Crippen LogP contribution in [0.4, 0.5) is 15.9 Å². The van der Waals surface area contributed by atoms with Gasteiger partial charge in [0.1, 0.15) is 5.82 Å². The number of halogens is 2. The molecule has 20 heavy (non-hydrogen) atoms. The van der Waals surface area contributed by atoms with Crippen LogP contribution >= 0.6 is 11.6 Å². The molecule has 3 N–H and O–H groups in total. The minimum atomic E-state index is -0.511. The number of carbonyl (C=O) groups is 1. The Morgan fingerprint density at radius 3 is 2.85 bits per heavy atom. The Kier molecular flexibility index (Phi) is 4.05. The van der Waals surface area contributed by atoms with E-state index in [0.29, 0.717) is 5.69 Å². The van der Waals surface area contributed by atoms with Gasteiger partial charge in [-0.1, -0.05) is 11.6 Å². The van der Waals surface area contributed by atoms with Gasteiger partial charge in [-0.2, -0.15) is 0 Å². The number of amides is 1. The second kappa shape index (κ2) is 5.75. The molecule has 2 rings (SSSR count). The summed E-state index contributed by atoms with van der Waals surface area (Å²) >= 11 is 5.79. The molecule has 0 aliphatic rings. The van der Waals surface area contributed by atoms with Crippen molar-refractivity contribution in [2.75, 3.05) is 18.2 Å². The molecule has 1 heterocycles. The van der Waals surface area contributed by atoms with Gasteiger partial charge in [0.25, 0.3) is 5.91 Å². The highest BCUT2D eigenvalue weighted by atomic mass is 35.5. The van der Waals surface area contributed by atoms with Crippen LogP contribution in [-0.4, -0.2) is 18.0 Å². The first-order chi connectivity index (χ1) is 9.51. The molecule has 0 aliphatic carbocycles. The number of nitrogens with two attached hydrogens (primary N) is 1. The number of rotatable bonds is 3. The zero-order valence-electron chi connectivity index (χ0n) is 10.5. The molecule has 0 unspecified atom stereocenters. The fourth-order valence-corrected chi connectivity index (χ4v) is 1.68. The SMILES string of the molecule is COc1cc(NC(=O)c2cnc(N)c(Cl)c2)ccc1F. The summed E-state index contributed by atoms with van der Waals surface area (Å²) in [5.41, 5.74) is 6.10. The second-order valence-corrected chi connectivity index (χ2v) is 4.30. The van der Waals surface area contributed by atoms with E-state index in [1.165, 1.54) is 37.6 Å². The molecular formula is C13H11ClFN3O2. The van der Waals surface area contributed by atoms with Crippen LogP contribution in [0.1, 0.15) is 10.4 Å². The smallest absolute Gasteiger partial charge is 0.257 e. The average molecular weight is 296 g/mol. The van der Waals surface area contributed by atoms with E-state index in [4.69, 9.17) is 22.1 Å². The Morgan fingerprint density at radius 2 is 2.20 bits per heavy atom. The molecule has 2 aromatic rings. The lowest BCUT2D eigenvalue weighted by atomic mass is 10.2. The molecule has 0 saturated heterocycles. The number of hydrogen-bond acceptors (Lipinski definition) is 4. The molecule has 1 amide bonds. The molecule has 1 aromatic heterocycles. The molecule has 0 aliphatic heterocycles. The number of ether oxygens (including phenoxy) is 1. The quantitative estimate of drug-likeness (QED) is 0.912. The minimum Gasteiger partial charge on any atom is -0.494 e. The number of methoxy groups -OCH3 is 1. The van der Waals surface area contributed by atoms with Crippen LogP contribution in [0.3, 0.4) is 0 Å². The van der Waals surface area contributed by atoms with E-state index in [9.17, 15) is 9.18 Å². The predicted molar refractivity (Wildman–Crippen MR) is 74.6 cm³/mol. The minimum absolute atomic E-state index is 0.0382. The van der Waals surface area contributed by atoms with Crippen molar-refractivity contribution in [3.8, 4) is 5.75 Å². The van der Waals surface area contributed by atoms with Gasteiger partial charge in [0.2, 0.25) is 0 Å². The number of nitrogen functional groups attached to an aromatic ring is 1. The van der Waals surface area contributed by atoms with E-state index in [0.717, 1.165) is 0 Å². The molecule has 0 fully saturated rings. The van der Waals surface area contributed by atoms with Crippen molar-refractivity contribution in [2.45, 2.75) is 0 Å². The van der Waals surface area contributed by atoms with E-state index in [1.54, 1.807) is 0 Å². The largest absolute Gasteiger partial charge is 0.494 e.